The minimum absolute atomic E-state index is 0.00165. The normalized spacial score (nSPS) is 15.1. The van der Waals surface area contributed by atoms with E-state index < -0.39 is 11.9 Å². The second kappa shape index (κ2) is 13.6. The van der Waals surface area contributed by atoms with Gasteiger partial charge in [-0.05, 0) is 48.9 Å². The number of thioether (sulfide) groups is 1. The number of fused-ring (bicyclic) bond motifs is 2. The predicted molar refractivity (Wildman–Crippen MR) is 156 cm³/mol. The van der Waals surface area contributed by atoms with Crippen molar-refractivity contribution in [2.75, 3.05) is 44.8 Å². The second-order valence-corrected chi connectivity index (χ2v) is 12.4. The Hall–Kier alpha value is -3.00. The van der Waals surface area contributed by atoms with Crippen LogP contribution in [0.25, 0.3) is 10.2 Å². The van der Waals surface area contributed by atoms with Gasteiger partial charge in [-0.2, -0.15) is 4.99 Å². The molecule has 3 aromatic rings. The third-order valence-electron chi connectivity index (χ3n) is 6.46. The van der Waals surface area contributed by atoms with Crippen LogP contribution in [-0.4, -0.2) is 67.8 Å². The van der Waals surface area contributed by atoms with E-state index in [9.17, 15) is 19.2 Å². The first-order chi connectivity index (χ1) is 19.2. The van der Waals surface area contributed by atoms with E-state index in [4.69, 9.17) is 14.2 Å². The molecule has 214 valence electrons. The first kappa shape index (κ1) is 30.0. The number of ether oxygens (including phenoxy) is 3. The van der Waals surface area contributed by atoms with Gasteiger partial charge >= 0.3 is 11.9 Å². The Morgan fingerprint density at radius 1 is 1.10 bits per heavy atom. The van der Waals surface area contributed by atoms with E-state index >= 15 is 0 Å². The molecule has 0 saturated heterocycles. The minimum atomic E-state index is -0.451. The van der Waals surface area contributed by atoms with Gasteiger partial charge in [0.1, 0.15) is 5.00 Å². The van der Waals surface area contributed by atoms with Crippen molar-refractivity contribution in [2.24, 2.45) is 10.9 Å². The number of amides is 2. The zero-order valence-electron chi connectivity index (χ0n) is 22.7. The molecule has 1 aliphatic carbocycles. The van der Waals surface area contributed by atoms with Crippen LogP contribution in [0.2, 0.25) is 0 Å². The summed E-state index contributed by atoms with van der Waals surface area (Å²) in [5.41, 5.74) is 2.64. The Morgan fingerprint density at radius 3 is 2.60 bits per heavy atom. The molecule has 1 aromatic carbocycles. The molecule has 0 saturated carbocycles. The lowest BCUT2D eigenvalue weighted by Crippen LogP contribution is -2.20. The molecule has 1 aliphatic rings. The van der Waals surface area contributed by atoms with Crippen LogP contribution < -0.4 is 10.1 Å². The summed E-state index contributed by atoms with van der Waals surface area (Å²) in [7, 11) is 4.25. The molecule has 40 heavy (non-hydrogen) atoms. The topological polar surface area (TPSA) is 125 Å². The number of rotatable bonds is 10. The zero-order chi connectivity index (χ0) is 28.8. The van der Waals surface area contributed by atoms with Crippen molar-refractivity contribution >= 4 is 73.4 Å². The van der Waals surface area contributed by atoms with E-state index in [1.54, 1.807) is 25.3 Å². The Bertz CT molecular complexity index is 1500. The van der Waals surface area contributed by atoms with Crippen molar-refractivity contribution in [1.29, 1.82) is 0 Å². The van der Waals surface area contributed by atoms with E-state index in [1.807, 2.05) is 4.57 Å². The van der Waals surface area contributed by atoms with Gasteiger partial charge in [0.2, 0.25) is 5.91 Å². The highest BCUT2D eigenvalue weighted by Gasteiger charge is 2.29. The van der Waals surface area contributed by atoms with Gasteiger partial charge in [0.25, 0.3) is 5.91 Å². The Morgan fingerprint density at radius 2 is 1.88 bits per heavy atom. The van der Waals surface area contributed by atoms with E-state index in [-0.39, 0.29) is 23.3 Å². The maximum Gasteiger partial charge on any atom is 0.341 e. The molecule has 13 heteroatoms. The smallest absolute Gasteiger partial charge is 0.341 e. The van der Waals surface area contributed by atoms with Gasteiger partial charge in [-0.1, -0.05) is 18.3 Å². The summed E-state index contributed by atoms with van der Waals surface area (Å²) in [6.45, 7) is 3.07. The van der Waals surface area contributed by atoms with Crippen molar-refractivity contribution in [2.45, 2.75) is 32.7 Å². The molecule has 4 rings (SSSR count). The third-order valence-corrected chi connectivity index (χ3v) is 9.58. The fourth-order valence-corrected chi connectivity index (χ4v) is 7.62. The zero-order valence-corrected chi connectivity index (χ0v) is 25.2. The number of anilines is 1. The van der Waals surface area contributed by atoms with E-state index in [1.165, 1.54) is 36.9 Å². The maximum absolute atomic E-state index is 12.7. The molecule has 10 nitrogen and oxygen atoms in total. The Balaban J connectivity index is 1.44. The third kappa shape index (κ3) is 6.82. The summed E-state index contributed by atoms with van der Waals surface area (Å²) in [6, 6.07) is 5.17. The molecule has 2 amide bonds. The van der Waals surface area contributed by atoms with Crippen LogP contribution in [0.4, 0.5) is 5.00 Å². The Labute approximate surface area is 243 Å². The van der Waals surface area contributed by atoms with Crippen LogP contribution in [0.1, 0.15) is 44.5 Å². The number of benzene rings is 1. The average Bonchev–Trinajstić information content (AvgIpc) is 3.46. The van der Waals surface area contributed by atoms with Gasteiger partial charge < -0.3 is 24.1 Å². The SMILES string of the molecule is COCCn1c(=NC(=O)CSCC(=O)Nc2sc3c(c2C(=O)OC)CCC(C)C3)sc2cc(C(=O)OC)ccc21. The molecule has 0 fully saturated rings. The number of hydrogen-bond acceptors (Lipinski definition) is 10. The van der Waals surface area contributed by atoms with Crippen LogP contribution >= 0.6 is 34.4 Å². The highest BCUT2D eigenvalue weighted by atomic mass is 32.2. The van der Waals surface area contributed by atoms with Crippen LogP contribution in [0.15, 0.2) is 23.2 Å². The molecule has 2 aromatic heterocycles. The summed E-state index contributed by atoms with van der Waals surface area (Å²) >= 11 is 3.86. The fraction of sp³-hybridized carbons (Fsp3) is 0.444. The number of thiophene rings is 1. The monoisotopic (exact) mass is 605 g/mol. The molecular weight excluding hydrogens is 575 g/mol. The molecule has 0 aliphatic heterocycles. The van der Waals surface area contributed by atoms with Gasteiger partial charge in [0.05, 0.1) is 53.7 Å². The summed E-state index contributed by atoms with van der Waals surface area (Å²) < 4.78 is 17.7. The van der Waals surface area contributed by atoms with Gasteiger partial charge in [-0.25, -0.2) is 9.59 Å². The summed E-state index contributed by atoms with van der Waals surface area (Å²) in [5.74, 6) is -1.04. The maximum atomic E-state index is 12.7. The predicted octanol–water partition coefficient (Wildman–Crippen LogP) is 3.91. The van der Waals surface area contributed by atoms with Crippen LogP contribution in [0.5, 0.6) is 0 Å². The fourth-order valence-electron chi connectivity index (χ4n) is 4.49. The molecule has 0 spiro atoms. The molecule has 2 heterocycles. The minimum Gasteiger partial charge on any atom is -0.465 e. The van der Waals surface area contributed by atoms with Gasteiger partial charge in [-0.15, -0.1) is 23.1 Å². The van der Waals surface area contributed by atoms with Crippen LogP contribution in [0.3, 0.4) is 0 Å². The number of esters is 2. The summed E-state index contributed by atoms with van der Waals surface area (Å²) in [6.07, 6.45) is 2.64. The number of hydrogen-bond donors (Lipinski definition) is 1. The highest BCUT2D eigenvalue weighted by Crippen LogP contribution is 2.40. The molecule has 1 atom stereocenters. The number of thiazole rings is 1. The number of aromatic nitrogens is 1. The standard InChI is InChI=1S/C27H31N3O7S3/c1-15-5-7-17-19(11-15)39-24(23(17)26(34)37-4)28-21(31)13-38-14-22(32)29-27-30(9-10-35-2)18-8-6-16(25(33)36-3)12-20(18)40-27/h6,8,12,15H,5,7,9-11,13-14H2,1-4H3,(H,28,31). The lowest BCUT2D eigenvalue weighted by Gasteiger charge is -2.18. The van der Waals surface area contributed by atoms with Crippen molar-refractivity contribution in [1.82, 2.24) is 4.57 Å². The number of nitrogens with one attached hydrogen (secondary N) is 1. The molecule has 1 unspecified atom stereocenters. The molecule has 0 radical (unpaired) electrons. The average molecular weight is 606 g/mol. The van der Waals surface area contributed by atoms with Crippen LogP contribution in [0, 0.1) is 5.92 Å². The number of carbonyl (C=O) groups is 4. The van der Waals surface area contributed by atoms with Gasteiger partial charge in [-0.3, -0.25) is 9.59 Å². The van der Waals surface area contributed by atoms with Crippen molar-refractivity contribution < 1.29 is 33.4 Å². The first-order valence-corrected chi connectivity index (χ1v) is 15.4. The molecular formula is C27H31N3O7S3. The van der Waals surface area contributed by atoms with E-state index in [2.05, 4.69) is 17.2 Å². The van der Waals surface area contributed by atoms with E-state index in [0.29, 0.717) is 40.0 Å². The lowest BCUT2D eigenvalue weighted by atomic mass is 9.88. The highest BCUT2D eigenvalue weighted by molar-refractivity contribution is 8.00. The lowest BCUT2D eigenvalue weighted by molar-refractivity contribution is -0.115. The first-order valence-electron chi connectivity index (χ1n) is 12.6. The number of carbonyl (C=O) groups excluding carboxylic acids is 4. The number of methoxy groups -OCH3 is 3. The van der Waals surface area contributed by atoms with Crippen molar-refractivity contribution in [3.63, 3.8) is 0 Å². The van der Waals surface area contributed by atoms with E-state index in [0.717, 1.165) is 51.7 Å². The summed E-state index contributed by atoms with van der Waals surface area (Å²) in [4.78, 5) is 55.7. The number of nitrogens with zero attached hydrogens (tertiary/aromatic N) is 2. The van der Waals surface area contributed by atoms with Gasteiger partial charge in [0, 0.05) is 18.5 Å². The second-order valence-electron chi connectivity index (χ2n) is 9.30. The van der Waals surface area contributed by atoms with Crippen LogP contribution in [-0.2, 0) is 43.2 Å². The molecule has 0 bridgehead atoms. The Kier molecular flexibility index (Phi) is 10.2. The quantitative estimate of drug-likeness (QED) is 0.345. The van der Waals surface area contributed by atoms with Crippen molar-refractivity contribution in [3.8, 4) is 0 Å². The largest absolute Gasteiger partial charge is 0.465 e. The molecule has 1 N–H and O–H groups in total. The summed E-state index contributed by atoms with van der Waals surface area (Å²) in [5, 5.41) is 3.36. The van der Waals surface area contributed by atoms with Gasteiger partial charge in [0.15, 0.2) is 4.80 Å². The van der Waals surface area contributed by atoms with Crippen molar-refractivity contribution in [3.05, 3.63) is 44.6 Å².